The standard InChI is InChI=1S/C14H22N2O3S/c1-9-3-4-11(7-10(9)2)19-12-5-6-14(13(15)8-12)20(16,17)18/h5-6,8-11H,3-4,7,15H2,1-2H3,(H2,16,17,18). The van der Waals surface area contributed by atoms with Crippen LogP contribution in [0.25, 0.3) is 0 Å². The molecule has 20 heavy (non-hydrogen) atoms. The van der Waals surface area contributed by atoms with Gasteiger partial charge < -0.3 is 10.5 Å². The lowest BCUT2D eigenvalue weighted by atomic mass is 9.80. The maximum Gasteiger partial charge on any atom is 0.240 e. The number of hydrogen-bond donors (Lipinski definition) is 2. The van der Waals surface area contributed by atoms with E-state index < -0.39 is 10.0 Å². The second-order valence-corrected chi connectivity index (χ2v) is 7.28. The summed E-state index contributed by atoms with van der Waals surface area (Å²) in [5.74, 6) is 1.96. The lowest BCUT2D eigenvalue weighted by Gasteiger charge is -2.32. The first-order valence-corrected chi connectivity index (χ1v) is 8.41. The largest absolute Gasteiger partial charge is 0.490 e. The molecule has 0 aliphatic heterocycles. The van der Waals surface area contributed by atoms with Gasteiger partial charge in [0.15, 0.2) is 0 Å². The molecule has 1 aromatic carbocycles. The van der Waals surface area contributed by atoms with E-state index in [1.54, 1.807) is 6.07 Å². The minimum atomic E-state index is -3.78. The van der Waals surface area contributed by atoms with Gasteiger partial charge in [-0.05, 0) is 43.2 Å². The Morgan fingerprint density at radius 1 is 1.20 bits per heavy atom. The van der Waals surface area contributed by atoms with E-state index in [4.69, 9.17) is 15.6 Å². The van der Waals surface area contributed by atoms with Crippen LogP contribution in [0.5, 0.6) is 5.75 Å². The zero-order valence-electron chi connectivity index (χ0n) is 11.9. The monoisotopic (exact) mass is 298 g/mol. The first kappa shape index (κ1) is 15.1. The molecule has 2 rings (SSSR count). The van der Waals surface area contributed by atoms with Gasteiger partial charge in [-0.1, -0.05) is 13.8 Å². The molecular weight excluding hydrogens is 276 g/mol. The van der Waals surface area contributed by atoms with Crippen molar-refractivity contribution in [2.45, 2.75) is 44.1 Å². The average molecular weight is 298 g/mol. The molecule has 0 radical (unpaired) electrons. The van der Waals surface area contributed by atoms with Crippen LogP contribution < -0.4 is 15.6 Å². The van der Waals surface area contributed by atoms with Gasteiger partial charge in [0.25, 0.3) is 0 Å². The summed E-state index contributed by atoms with van der Waals surface area (Å²) in [5.41, 5.74) is 5.85. The van der Waals surface area contributed by atoms with Crippen LogP contribution in [0.2, 0.25) is 0 Å². The fourth-order valence-corrected chi connectivity index (χ4v) is 3.30. The van der Waals surface area contributed by atoms with Crippen LogP contribution in [0.4, 0.5) is 5.69 Å². The number of hydrogen-bond acceptors (Lipinski definition) is 4. The Hall–Kier alpha value is -1.27. The zero-order chi connectivity index (χ0) is 14.9. The van der Waals surface area contributed by atoms with E-state index in [1.807, 2.05) is 0 Å². The van der Waals surface area contributed by atoms with Crippen LogP contribution in [0.3, 0.4) is 0 Å². The zero-order valence-corrected chi connectivity index (χ0v) is 12.7. The topological polar surface area (TPSA) is 95.4 Å². The van der Waals surface area contributed by atoms with Crippen molar-refractivity contribution >= 4 is 15.7 Å². The Kier molecular flexibility index (Phi) is 4.25. The van der Waals surface area contributed by atoms with Crippen molar-refractivity contribution in [3.63, 3.8) is 0 Å². The van der Waals surface area contributed by atoms with E-state index in [0.717, 1.165) is 25.2 Å². The van der Waals surface area contributed by atoms with Crippen LogP contribution in [0.1, 0.15) is 33.1 Å². The Labute approximate surface area is 120 Å². The molecular formula is C14H22N2O3S. The molecule has 1 fully saturated rings. The molecule has 0 amide bonds. The van der Waals surface area contributed by atoms with Crippen LogP contribution in [0.15, 0.2) is 23.1 Å². The van der Waals surface area contributed by atoms with Gasteiger partial charge in [-0.15, -0.1) is 0 Å². The van der Waals surface area contributed by atoms with Gasteiger partial charge in [0.2, 0.25) is 10.0 Å². The van der Waals surface area contributed by atoms with Gasteiger partial charge >= 0.3 is 0 Å². The molecule has 6 heteroatoms. The number of anilines is 1. The van der Waals surface area contributed by atoms with Crippen molar-refractivity contribution in [3.8, 4) is 5.75 Å². The minimum absolute atomic E-state index is 0.0597. The first-order chi connectivity index (χ1) is 9.27. The van der Waals surface area contributed by atoms with E-state index >= 15 is 0 Å². The van der Waals surface area contributed by atoms with Gasteiger partial charge in [0, 0.05) is 6.07 Å². The van der Waals surface area contributed by atoms with Crippen LogP contribution in [0, 0.1) is 11.8 Å². The molecule has 3 atom stereocenters. The highest BCUT2D eigenvalue weighted by atomic mass is 32.2. The van der Waals surface area contributed by atoms with Crippen LogP contribution in [-0.2, 0) is 10.0 Å². The van der Waals surface area contributed by atoms with Crippen molar-refractivity contribution in [2.24, 2.45) is 17.0 Å². The second-order valence-electron chi connectivity index (χ2n) is 5.75. The van der Waals surface area contributed by atoms with E-state index in [0.29, 0.717) is 11.7 Å². The third kappa shape index (κ3) is 3.43. The van der Waals surface area contributed by atoms with E-state index in [9.17, 15) is 8.42 Å². The van der Waals surface area contributed by atoms with Crippen molar-refractivity contribution in [1.82, 2.24) is 0 Å². The fourth-order valence-electron chi connectivity index (χ4n) is 2.66. The van der Waals surface area contributed by atoms with Gasteiger partial charge in [-0.2, -0.15) is 0 Å². The molecule has 0 aromatic heterocycles. The number of nitrogen functional groups attached to an aromatic ring is 1. The summed E-state index contributed by atoms with van der Waals surface area (Å²) in [7, 11) is -3.78. The predicted molar refractivity (Wildman–Crippen MR) is 78.8 cm³/mol. The molecule has 1 aromatic rings. The number of primary sulfonamides is 1. The number of benzene rings is 1. The van der Waals surface area contributed by atoms with Crippen molar-refractivity contribution in [3.05, 3.63) is 18.2 Å². The van der Waals surface area contributed by atoms with Gasteiger partial charge in [-0.25, -0.2) is 13.6 Å². The Morgan fingerprint density at radius 2 is 1.90 bits per heavy atom. The Balaban J connectivity index is 2.10. The van der Waals surface area contributed by atoms with Crippen molar-refractivity contribution < 1.29 is 13.2 Å². The highest BCUT2D eigenvalue weighted by molar-refractivity contribution is 7.89. The molecule has 1 saturated carbocycles. The third-order valence-electron chi connectivity index (χ3n) is 4.14. The molecule has 5 nitrogen and oxygen atoms in total. The number of rotatable bonds is 3. The van der Waals surface area contributed by atoms with Crippen molar-refractivity contribution in [2.75, 3.05) is 5.73 Å². The summed E-state index contributed by atoms with van der Waals surface area (Å²) < 4.78 is 28.5. The minimum Gasteiger partial charge on any atom is -0.490 e. The maximum absolute atomic E-state index is 11.3. The molecule has 0 saturated heterocycles. The lowest BCUT2D eigenvalue weighted by molar-refractivity contribution is 0.101. The highest BCUT2D eigenvalue weighted by Gasteiger charge is 2.26. The first-order valence-electron chi connectivity index (χ1n) is 6.86. The summed E-state index contributed by atoms with van der Waals surface area (Å²) in [4.78, 5) is -0.0597. The summed E-state index contributed by atoms with van der Waals surface area (Å²) in [6, 6.07) is 4.54. The second kappa shape index (κ2) is 5.61. The number of sulfonamides is 1. The van der Waals surface area contributed by atoms with Crippen LogP contribution >= 0.6 is 0 Å². The molecule has 0 spiro atoms. The Bertz CT molecular complexity index is 586. The molecule has 1 aliphatic rings. The lowest BCUT2D eigenvalue weighted by Crippen LogP contribution is -2.28. The molecule has 112 valence electrons. The number of nitrogens with two attached hydrogens (primary N) is 2. The maximum atomic E-state index is 11.3. The van der Waals surface area contributed by atoms with Crippen molar-refractivity contribution in [1.29, 1.82) is 0 Å². The van der Waals surface area contributed by atoms with Gasteiger partial charge in [0.1, 0.15) is 10.6 Å². The van der Waals surface area contributed by atoms with E-state index in [1.165, 1.54) is 12.1 Å². The number of ether oxygens (including phenoxy) is 1. The molecule has 1 aliphatic carbocycles. The van der Waals surface area contributed by atoms with Gasteiger partial charge in [-0.3, -0.25) is 0 Å². The van der Waals surface area contributed by atoms with E-state index in [-0.39, 0.29) is 16.7 Å². The molecule has 3 unspecified atom stereocenters. The quantitative estimate of drug-likeness (QED) is 0.835. The molecule has 0 heterocycles. The average Bonchev–Trinajstić information content (AvgIpc) is 2.32. The van der Waals surface area contributed by atoms with Crippen LogP contribution in [-0.4, -0.2) is 14.5 Å². The highest BCUT2D eigenvalue weighted by Crippen LogP contribution is 2.32. The smallest absolute Gasteiger partial charge is 0.240 e. The fraction of sp³-hybridized carbons (Fsp3) is 0.571. The summed E-state index contributed by atoms with van der Waals surface area (Å²) in [6.07, 6.45) is 3.35. The normalized spacial score (nSPS) is 27.2. The summed E-state index contributed by atoms with van der Waals surface area (Å²) in [6.45, 7) is 4.50. The Morgan fingerprint density at radius 3 is 2.45 bits per heavy atom. The molecule has 0 bridgehead atoms. The van der Waals surface area contributed by atoms with E-state index in [2.05, 4.69) is 13.8 Å². The summed E-state index contributed by atoms with van der Waals surface area (Å²) in [5, 5.41) is 5.08. The summed E-state index contributed by atoms with van der Waals surface area (Å²) >= 11 is 0. The SMILES string of the molecule is CC1CCC(Oc2ccc(S(N)(=O)=O)c(N)c2)CC1C. The third-order valence-corrected chi connectivity index (χ3v) is 5.13. The van der Waals surface area contributed by atoms with Gasteiger partial charge in [0.05, 0.1) is 11.8 Å². The predicted octanol–water partition coefficient (Wildman–Crippen LogP) is 2.12. The molecule has 4 N–H and O–H groups in total.